The van der Waals surface area contributed by atoms with E-state index in [1.54, 1.807) is 78.5 Å². The van der Waals surface area contributed by atoms with E-state index in [1.165, 1.54) is 6.20 Å². The smallest absolute Gasteiger partial charge is 0.255 e. The molecule has 2 aromatic carbocycles. The molecule has 2 aromatic heterocycles. The fraction of sp³-hybridized carbons (Fsp3) is 0.125. The maximum absolute atomic E-state index is 13.2. The van der Waals surface area contributed by atoms with Crippen molar-refractivity contribution in [2.45, 2.75) is 13.0 Å². The molecule has 0 aliphatic carbocycles. The summed E-state index contributed by atoms with van der Waals surface area (Å²) in [5, 5.41) is 15.7. The SMILES string of the molecule is C[C@H](O)CNc1nccc(-n2ccnc2C(=O)c2cccc(NC(=O)c3ccc(Cl)cc3)c2)n1. The number of aromatic nitrogens is 4. The fourth-order valence-corrected chi connectivity index (χ4v) is 3.26. The Hall–Kier alpha value is -4.08. The highest BCUT2D eigenvalue weighted by Gasteiger charge is 2.18. The lowest BCUT2D eigenvalue weighted by Crippen LogP contribution is -2.18. The topological polar surface area (TPSA) is 122 Å². The number of hydrogen-bond donors (Lipinski definition) is 3. The van der Waals surface area contributed by atoms with Crippen LogP contribution in [0, 0.1) is 0 Å². The third kappa shape index (κ3) is 5.45. The monoisotopic (exact) mass is 476 g/mol. The van der Waals surface area contributed by atoms with Gasteiger partial charge in [0.15, 0.2) is 5.82 Å². The van der Waals surface area contributed by atoms with Crippen LogP contribution >= 0.6 is 11.6 Å². The second-order valence-corrected chi connectivity index (χ2v) is 7.90. The minimum Gasteiger partial charge on any atom is -0.392 e. The Bertz CT molecular complexity index is 1320. The number of nitrogens with one attached hydrogen (secondary N) is 2. The minimum absolute atomic E-state index is 0.154. The van der Waals surface area contributed by atoms with Crippen LogP contribution in [0.5, 0.6) is 0 Å². The van der Waals surface area contributed by atoms with Crippen LogP contribution in [0.2, 0.25) is 5.02 Å². The number of nitrogens with zero attached hydrogens (tertiary/aromatic N) is 4. The zero-order valence-corrected chi connectivity index (χ0v) is 18.9. The van der Waals surface area contributed by atoms with Gasteiger partial charge in [0.25, 0.3) is 5.91 Å². The maximum Gasteiger partial charge on any atom is 0.255 e. The predicted octanol–water partition coefficient (Wildman–Crippen LogP) is 3.59. The Balaban J connectivity index is 1.55. The van der Waals surface area contributed by atoms with Gasteiger partial charge in [0.05, 0.1) is 6.10 Å². The summed E-state index contributed by atoms with van der Waals surface area (Å²) >= 11 is 5.88. The fourth-order valence-electron chi connectivity index (χ4n) is 3.14. The number of carbonyl (C=O) groups excluding carboxylic acids is 2. The molecule has 1 amide bonds. The van der Waals surface area contributed by atoms with Crippen molar-refractivity contribution in [1.82, 2.24) is 19.5 Å². The number of imidazole rings is 1. The van der Waals surface area contributed by atoms with Crippen LogP contribution in [-0.2, 0) is 0 Å². The summed E-state index contributed by atoms with van der Waals surface area (Å²) in [5.41, 5.74) is 1.26. The highest BCUT2D eigenvalue weighted by atomic mass is 35.5. The molecular formula is C24H21ClN6O3. The third-order valence-electron chi connectivity index (χ3n) is 4.78. The molecule has 10 heteroatoms. The summed E-state index contributed by atoms with van der Waals surface area (Å²) in [6.45, 7) is 1.93. The number of anilines is 2. The Kier molecular flexibility index (Phi) is 6.95. The molecule has 2 heterocycles. The van der Waals surface area contributed by atoms with E-state index in [0.29, 0.717) is 33.6 Å². The summed E-state index contributed by atoms with van der Waals surface area (Å²) in [4.78, 5) is 38.5. The number of benzene rings is 2. The van der Waals surface area contributed by atoms with Crippen LogP contribution in [0.1, 0.15) is 33.5 Å². The van der Waals surface area contributed by atoms with Crippen LogP contribution in [0.15, 0.2) is 73.2 Å². The zero-order valence-electron chi connectivity index (χ0n) is 18.1. The van der Waals surface area contributed by atoms with E-state index in [1.807, 2.05) is 0 Å². The van der Waals surface area contributed by atoms with Gasteiger partial charge in [-0.05, 0) is 49.4 Å². The summed E-state index contributed by atoms with van der Waals surface area (Å²) in [7, 11) is 0. The number of aliphatic hydroxyl groups is 1. The molecule has 0 unspecified atom stereocenters. The summed E-state index contributed by atoms with van der Waals surface area (Å²) in [5.74, 6) is 0.251. The Morgan fingerprint density at radius 3 is 2.62 bits per heavy atom. The molecule has 3 N–H and O–H groups in total. The van der Waals surface area contributed by atoms with Crippen molar-refractivity contribution in [3.63, 3.8) is 0 Å². The van der Waals surface area contributed by atoms with E-state index >= 15 is 0 Å². The standard InChI is InChI=1S/C24H21ClN6O3/c1-15(32)14-28-24-27-10-9-20(30-24)31-12-11-26-22(31)21(33)17-3-2-4-19(13-17)29-23(34)16-5-7-18(25)8-6-16/h2-13,15,32H,14H2,1H3,(H,29,34)(H,27,28,30)/t15-/m0/s1. The molecule has 0 spiro atoms. The number of hydrogen-bond acceptors (Lipinski definition) is 7. The molecule has 0 fully saturated rings. The second kappa shape index (κ2) is 10.2. The highest BCUT2D eigenvalue weighted by molar-refractivity contribution is 6.30. The first-order chi connectivity index (χ1) is 16.4. The Morgan fingerprint density at radius 2 is 1.85 bits per heavy atom. The molecule has 0 saturated carbocycles. The largest absolute Gasteiger partial charge is 0.392 e. The van der Waals surface area contributed by atoms with E-state index in [2.05, 4.69) is 25.6 Å². The van der Waals surface area contributed by atoms with Crippen LogP contribution in [0.25, 0.3) is 5.82 Å². The number of ketones is 1. The summed E-state index contributed by atoms with van der Waals surface area (Å²) in [6.07, 6.45) is 4.11. The molecule has 0 radical (unpaired) electrons. The van der Waals surface area contributed by atoms with Crippen molar-refractivity contribution in [3.05, 3.63) is 95.2 Å². The number of rotatable bonds is 8. The van der Waals surface area contributed by atoms with E-state index in [-0.39, 0.29) is 24.1 Å². The molecule has 172 valence electrons. The van der Waals surface area contributed by atoms with Gasteiger partial charge in [-0.25, -0.2) is 9.97 Å². The molecule has 4 aromatic rings. The second-order valence-electron chi connectivity index (χ2n) is 7.46. The molecule has 0 saturated heterocycles. The van der Waals surface area contributed by atoms with Gasteiger partial charge in [0.2, 0.25) is 11.7 Å². The van der Waals surface area contributed by atoms with Crippen molar-refractivity contribution in [2.75, 3.05) is 17.2 Å². The predicted molar refractivity (Wildman–Crippen MR) is 129 cm³/mol. The summed E-state index contributed by atoms with van der Waals surface area (Å²) in [6, 6.07) is 14.8. The molecule has 0 aliphatic heterocycles. The van der Waals surface area contributed by atoms with Crippen molar-refractivity contribution < 1.29 is 14.7 Å². The average molecular weight is 477 g/mol. The van der Waals surface area contributed by atoms with Crippen LogP contribution in [0.4, 0.5) is 11.6 Å². The maximum atomic E-state index is 13.2. The van der Waals surface area contributed by atoms with Crippen molar-refractivity contribution >= 4 is 34.9 Å². The van der Waals surface area contributed by atoms with Gasteiger partial charge in [0.1, 0.15) is 5.82 Å². The lowest BCUT2D eigenvalue weighted by atomic mass is 10.1. The van der Waals surface area contributed by atoms with E-state index in [4.69, 9.17) is 11.6 Å². The summed E-state index contributed by atoms with van der Waals surface area (Å²) < 4.78 is 1.55. The first-order valence-electron chi connectivity index (χ1n) is 10.4. The number of carbonyl (C=O) groups is 2. The van der Waals surface area contributed by atoms with E-state index < -0.39 is 6.10 Å². The van der Waals surface area contributed by atoms with Gasteiger partial charge in [0, 0.05) is 47.0 Å². The first-order valence-corrected chi connectivity index (χ1v) is 10.8. The van der Waals surface area contributed by atoms with Crippen molar-refractivity contribution in [3.8, 4) is 5.82 Å². The van der Waals surface area contributed by atoms with Crippen LogP contribution < -0.4 is 10.6 Å². The highest BCUT2D eigenvalue weighted by Crippen LogP contribution is 2.18. The minimum atomic E-state index is -0.565. The van der Waals surface area contributed by atoms with E-state index in [0.717, 1.165) is 0 Å². The number of amides is 1. The van der Waals surface area contributed by atoms with Gasteiger partial charge >= 0.3 is 0 Å². The van der Waals surface area contributed by atoms with Gasteiger partial charge in [-0.3, -0.25) is 14.2 Å². The molecule has 34 heavy (non-hydrogen) atoms. The average Bonchev–Trinajstić information content (AvgIpc) is 3.33. The number of halogens is 1. The quantitative estimate of drug-likeness (QED) is 0.332. The van der Waals surface area contributed by atoms with Crippen LogP contribution in [-0.4, -0.2) is 49.0 Å². The Morgan fingerprint density at radius 1 is 1.06 bits per heavy atom. The zero-order chi connectivity index (χ0) is 24.1. The first kappa shape index (κ1) is 23.1. The van der Waals surface area contributed by atoms with Gasteiger partial charge in [-0.15, -0.1) is 0 Å². The Labute approximate surface area is 200 Å². The molecule has 0 bridgehead atoms. The normalized spacial score (nSPS) is 11.6. The van der Waals surface area contributed by atoms with Gasteiger partial charge in [-0.2, -0.15) is 4.98 Å². The number of aliphatic hydroxyl groups excluding tert-OH is 1. The third-order valence-corrected chi connectivity index (χ3v) is 5.03. The molecule has 4 rings (SSSR count). The molecule has 9 nitrogen and oxygen atoms in total. The van der Waals surface area contributed by atoms with Crippen molar-refractivity contribution in [1.29, 1.82) is 0 Å². The molecule has 0 aliphatic rings. The van der Waals surface area contributed by atoms with E-state index in [9.17, 15) is 14.7 Å². The lowest BCUT2D eigenvalue weighted by Gasteiger charge is -2.10. The molecule has 1 atom stereocenters. The van der Waals surface area contributed by atoms with Crippen LogP contribution in [0.3, 0.4) is 0 Å². The lowest BCUT2D eigenvalue weighted by molar-refractivity contribution is 0.101. The van der Waals surface area contributed by atoms with Gasteiger partial charge in [-0.1, -0.05) is 23.7 Å². The molecular weight excluding hydrogens is 456 g/mol. The van der Waals surface area contributed by atoms with Gasteiger partial charge < -0.3 is 15.7 Å². The van der Waals surface area contributed by atoms with Crippen molar-refractivity contribution in [2.24, 2.45) is 0 Å².